The average molecular weight is 474 g/mol. The molecular formula is C25H35N3O6. The topological polar surface area (TPSA) is 117 Å². The number of fused-ring (bicyclic) bond motifs is 1. The Labute approximate surface area is 200 Å². The summed E-state index contributed by atoms with van der Waals surface area (Å²) in [6, 6.07) is 5.38. The van der Waals surface area contributed by atoms with Crippen molar-refractivity contribution in [3.05, 3.63) is 24.3 Å². The highest BCUT2D eigenvalue weighted by Crippen LogP contribution is 2.64. The summed E-state index contributed by atoms with van der Waals surface area (Å²) < 4.78 is 11.8. The number of aliphatic hydroxyl groups excluding tert-OH is 1. The Morgan fingerprint density at radius 2 is 1.94 bits per heavy atom. The monoisotopic (exact) mass is 473 g/mol. The van der Waals surface area contributed by atoms with Gasteiger partial charge in [0.1, 0.15) is 17.4 Å². The first kappa shape index (κ1) is 24.5. The second kappa shape index (κ2) is 9.19. The van der Waals surface area contributed by atoms with E-state index in [9.17, 15) is 19.5 Å². The van der Waals surface area contributed by atoms with Crippen molar-refractivity contribution in [2.24, 2.45) is 11.8 Å². The summed E-state index contributed by atoms with van der Waals surface area (Å²) in [6.07, 6.45) is 2.46. The molecule has 9 nitrogen and oxygen atoms in total. The normalized spacial score (nSPS) is 32.4. The van der Waals surface area contributed by atoms with Crippen LogP contribution in [0.4, 0.5) is 5.69 Å². The van der Waals surface area contributed by atoms with Crippen LogP contribution in [0.5, 0.6) is 5.75 Å². The number of anilines is 1. The quantitative estimate of drug-likeness (QED) is 0.503. The maximum atomic E-state index is 13.8. The van der Waals surface area contributed by atoms with Crippen molar-refractivity contribution >= 4 is 23.4 Å². The van der Waals surface area contributed by atoms with E-state index in [0.717, 1.165) is 6.42 Å². The number of carbonyl (C=O) groups is 3. The number of hydrogen-bond acceptors (Lipinski definition) is 6. The summed E-state index contributed by atoms with van der Waals surface area (Å²) in [5.41, 5.74) is -1.32. The van der Waals surface area contributed by atoms with Gasteiger partial charge < -0.3 is 30.1 Å². The first-order valence-corrected chi connectivity index (χ1v) is 12.1. The molecule has 3 heterocycles. The molecule has 9 heteroatoms. The van der Waals surface area contributed by atoms with Crippen LogP contribution in [0.3, 0.4) is 0 Å². The van der Waals surface area contributed by atoms with E-state index in [0.29, 0.717) is 37.2 Å². The van der Waals surface area contributed by atoms with Gasteiger partial charge in [0, 0.05) is 12.2 Å². The molecule has 2 bridgehead atoms. The maximum absolute atomic E-state index is 13.8. The fourth-order valence-electron chi connectivity index (χ4n) is 6.16. The lowest BCUT2D eigenvalue weighted by Gasteiger charge is -2.36. The number of hydrogen-bond donors (Lipinski definition) is 3. The second-order valence-electron chi connectivity index (χ2n) is 9.62. The van der Waals surface area contributed by atoms with Gasteiger partial charge in [-0.15, -0.1) is 0 Å². The SMILES string of the molecule is CCCNC(=O)[C@H]1[C@H]2C(=O)N([C@H](C)CO)C(C(=O)Nc3ccc(OC)cc3)C23CC[C@]1(CC)O3. The van der Waals surface area contributed by atoms with Gasteiger partial charge in [0.2, 0.25) is 17.7 Å². The van der Waals surface area contributed by atoms with Crippen LogP contribution in [0.2, 0.25) is 0 Å². The summed E-state index contributed by atoms with van der Waals surface area (Å²) in [5.74, 6) is -1.66. The van der Waals surface area contributed by atoms with Gasteiger partial charge in [-0.2, -0.15) is 0 Å². The van der Waals surface area contributed by atoms with E-state index in [-0.39, 0.29) is 24.3 Å². The van der Waals surface area contributed by atoms with Crippen LogP contribution < -0.4 is 15.4 Å². The van der Waals surface area contributed by atoms with E-state index >= 15 is 0 Å². The summed E-state index contributed by atoms with van der Waals surface area (Å²) in [5, 5.41) is 15.8. The molecule has 186 valence electrons. The Bertz CT molecular complexity index is 952. The molecule has 6 atom stereocenters. The number of likely N-dealkylation sites (tertiary alicyclic amines) is 1. The molecule has 3 aliphatic heterocycles. The average Bonchev–Trinajstić information content (AvgIpc) is 3.46. The van der Waals surface area contributed by atoms with E-state index in [1.54, 1.807) is 38.3 Å². The Kier molecular flexibility index (Phi) is 6.61. The lowest BCUT2D eigenvalue weighted by Crippen LogP contribution is -2.55. The number of rotatable bonds is 9. The Balaban J connectivity index is 1.72. The van der Waals surface area contributed by atoms with Crippen LogP contribution >= 0.6 is 0 Å². The highest BCUT2D eigenvalue weighted by Gasteiger charge is 2.78. The van der Waals surface area contributed by atoms with Crippen LogP contribution in [-0.2, 0) is 19.1 Å². The molecule has 3 fully saturated rings. The van der Waals surface area contributed by atoms with Gasteiger partial charge in [-0.3, -0.25) is 14.4 Å². The summed E-state index contributed by atoms with van der Waals surface area (Å²) in [4.78, 5) is 42.3. The molecule has 4 rings (SSSR count). The molecule has 1 aromatic rings. The summed E-state index contributed by atoms with van der Waals surface area (Å²) in [6.45, 7) is 5.86. The Hall–Kier alpha value is -2.65. The van der Waals surface area contributed by atoms with E-state index in [4.69, 9.17) is 9.47 Å². The van der Waals surface area contributed by atoms with Crippen molar-refractivity contribution in [1.29, 1.82) is 0 Å². The van der Waals surface area contributed by atoms with E-state index in [1.165, 1.54) is 4.90 Å². The van der Waals surface area contributed by atoms with Gasteiger partial charge in [-0.05, 0) is 56.9 Å². The van der Waals surface area contributed by atoms with E-state index < -0.39 is 35.1 Å². The van der Waals surface area contributed by atoms with Crippen molar-refractivity contribution in [3.8, 4) is 5.75 Å². The third-order valence-electron chi connectivity index (χ3n) is 7.80. The van der Waals surface area contributed by atoms with Gasteiger partial charge in [-0.1, -0.05) is 13.8 Å². The first-order chi connectivity index (χ1) is 16.3. The molecule has 34 heavy (non-hydrogen) atoms. The fraction of sp³-hybridized carbons (Fsp3) is 0.640. The zero-order chi connectivity index (χ0) is 24.7. The molecule has 1 aromatic carbocycles. The minimum Gasteiger partial charge on any atom is -0.497 e. The lowest BCUT2D eigenvalue weighted by molar-refractivity contribution is -0.148. The Morgan fingerprint density at radius 1 is 1.24 bits per heavy atom. The number of ether oxygens (including phenoxy) is 2. The van der Waals surface area contributed by atoms with Gasteiger partial charge in [0.25, 0.3) is 0 Å². The minimum atomic E-state index is -1.11. The van der Waals surface area contributed by atoms with Crippen LogP contribution in [-0.4, -0.2) is 71.3 Å². The van der Waals surface area contributed by atoms with E-state index in [1.807, 2.05) is 13.8 Å². The minimum absolute atomic E-state index is 0.198. The van der Waals surface area contributed by atoms with Crippen LogP contribution in [0.25, 0.3) is 0 Å². The number of nitrogens with one attached hydrogen (secondary N) is 2. The number of carbonyl (C=O) groups excluding carboxylic acids is 3. The molecule has 1 spiro atoms. The zero-order valence-electron chi connectivity index (χ0n) is 20.3. The van der Waals surface area contributed by atoms with Crippen molar-refractivity contribution in [1.82, 2.24) is 10.2 Å². The molecule has 0 saturated carbocycles. The molecule has 3 N–H and O–H groups in total. The van der Waals surface area contributed by atoms with Gasteiger partial charge >= 0.3 is 0 Å². The maximum Gasteiger partial charge on any atom is 0.250 e. The van der Waals surface area contributed by atoms with Crippen LogP contribution in [0.1, 0.15) is 46.5 Å². The summed E-state index contributed by atoms with van der Waals surface area (Å²) in [7, 11) is 1.57. The predicted molar refractivity (Wildman–Crippen MR) is 125 cm³/mol. The number of methoxy groups -OCH3 is 1. The van der Waals surface area contributed by atoms with Crippen LogP contribution in [0.15, 0.2) is 24.3 Å². The summed E-state index contributed by atoms with van der Waals surface area (Å²) >= 11 is 0. The standard InChI is InChI=1S/C25H35N3O6/c1-5-13-26-21(30)18-19-23(32)28(15(3)14-29)20(25(19)12-11-24(18,6-2)34-25)22(31)27-16-7-9-17(33-4)10-8-16/h7-10,15,18-20,29H,5-6,11-14H2,1-4H3,(H,26,30)(H,27,31)/t15-,18-,19+,20?,24+,25?/m1/s1. The number of aliphatic hydroxyl groups is 1. The molecule has 0 aliphatic carbocycles. The van der Waals surface area contributed by atoms with Crippen molar-refractivity contribution < 1.29 is 29.0 Å². The van der Waals surface area contributed by atoms with Gasteiger partial charge in [0.15, 0.2) is 0 Å². The molecule has 2 unspecified atom stereocenters. The highest BCUT2D eigenvalue weighted by atomic mass is 16.5. The predicted octanol–water partition coefficient (Wildman–Crippen LogP) is 1.70. The number of nitrogens with zero attached hydrogens (tertiary/aromatic N) is 1. The van der Waals surface area contributed by atoms with Crippen molar-refractivity contribution in [2.45, 2.75) is 69.7 Å². The third-order valence-corrected chi connectivity index (χ3v) is 7.80. The Morgan fingerprint density at radius 3 is 2.53 bits per heavy atom. The second-order valence-corrected chi connectivity index (χ2v) is 9.62. The molecule has 3 aliphatic rings. The van der Waals surface area contributed by atoms with Crippen molar-refractivity contribution in [2.75, 3.05) is 25.6 Å². The smallest absolute Gasteiger partial charge is 0.250 e. The molecule has 3 amide bonds. The third kappa shape index (κ3) is 3.56. The molecule has 0 radical (unpaired) electrons. The van der Waals surface area contributed by atoms with Gasteiger partial charge in [0.05, 0.1) is 37.2 Å². The van der Waals surface area contributed by atoms with Crippen LogP contribution in [0, 0.1) is 11.8 Å². The fourth-order valence-corrected chi connectivity index (χ4v) is 6.16. The first-order valence-electron chi connectivity index (χ1n) is 12.1. The number of amides is 3. The lowest BCUT2D eigenvalue weighted by atomic mass is 9.65. The number of benzene rings is 1. The zero-order valence-corrected chi connectivity index (χ0v) is 20.3. The van der Waals surface area contributed by atoms with E-state index in [2.05, 4.69) is 10.6 Å². The molecular weight excluding hydrogens is 438 g/mol. The highest BCUT2D eigenvalue weighted by molar-refractivity contribution is 6.04. The van der Waals surface area contributed by atoms with Crippen molar-refractivity contribution in [3.63, 3.8) is 0 Å². The van der Waals surface area contributed by atoms with Gasteiger partial charge in [-0.25, -0.2) is 0 Å². The molecule has 3 saturated heterocycles. The molecule has 0 aromatic heterocycles. The largest absolute Gasteiger partial charge is 0.497 e.